The van der Waals surface area contributed by atoms with E-state index in [4.69, 9.17) is 4.99 Å². The van der Waals surface area contributed by atoms with Gasteiger partial charge in [0.1, 0.15) is 5.70 Å². The van der Waals surface area contributed by atoms with Crippen LogP contribution in [0.3, 0.4) is 0 Å². The summed E-state index contributed by atoms with van der Waals surface area (Å²) in [6.45, 7) is 2.10. The molecule has 3 heterocycles. The molecule has 1 aromatic carbocycles. The first-order chi connectivity index (χ1) is 12.7. The van der Waals surface area contributed by atoms with E-state index in [1.54, 1.807) is 17.4 Å². The summed E-state index contributed by atoms with van der Waals surface area (Å²) in [5.41, 5.74) is 1.39. The quantitative estimate of drug-likeness (QED) is 0.810. The zero-order chi connectivity index (χ0) is 18.1. The second-order valence-electron chi connectivity index (χ2n) is 5.85. The summed E-state index contributed by atoms with van der Waals surface area (Å²) in [5.74, 6) is 0.723. The SMILES string of the molecule is CCCSC1=NN2C(=c3cc(Br)ccc3=N[C@H]2c2cccnc2)C(=O)N1. The predicted octanol–water partition coefficient (Wildman–Crippen LogP) is 2.13. The fourth-order valence-electron chi connectivity index (χ4n) is 2.86. The first-order valence-corrected chi connectivity index (χ1v) is 10.0. The van der Waals surface area contributed by atoms with Crippen molar-refractivity contribution < 1.29 is 4.79 Å². The highest BCUT2D eigenvalue weighted by Gasteiger charge is 2.34. The topological polar surface area (TPSA) is 70.0 Å². The molecule has 2 aliphatic heterocycles. The number of amidine groups is 1. The zero-order valence-corrected chi connectivity index (χ0v) is 16.4. The van der Waals surface area contributed by atoms with E-state index in [2.05, 4.69) is 38.3 Å². The molecule has 4 rings (SSSR count). The van der Waals surface area contributed by atoms with Crippen LogP contribution < -0.4 is 15.9 Å². The van der Waals surface area contributed by atoms with E-state index in [0.717, 1.165) is 32.8 Å². The Hall–Kier alpha value is -2.19. The van der Waals surface area contributed by atoms with Crippen LogP contribution in [-0.2, 0) is 4.79 Å². The molecule has 0 aliphatic carbocycles. The van der Waals surface area contributed by atoms with Gasteiger partial charge in [0.05, 0.1) is 5.36 Å². The number of thioether (sulfide) groups is 1. The molecule has 0 fully saturated rings. The van der Waals surface area contributed by atoms with Gasteiger partial charge in [-0.1, -0.05) is 40.7 Å². The fraction of sp³-hybridized carbons (Fsp3) is 0.222. The van der Waals surface area contributed by atoms with E-state index in [0.29, 0.717) is 10.9 Å². The van der Waals surface area contributed by atoms with Gasteiger partial charge in [0.15, 0.2) is 11.3 Å². The number of halogens is 1. The van der Waals surface area contributed by atoms with Crippen molar-refractivity contribution in [2.45, 2.75) is 19.5 Å². The lowest BCUT2D eigenvalue weighted by atomic mass is 10.1. The summed E-state index contributed by atoms with van der Waals surface area (Å²) in [7, 11) is 0. The molecule has 0 bridgehead atoms. The Balaban J connectivity index is 1.92. The average molecular weight is 430 g/mol. The van der Waals surface area contributed by atoms with E-state index in [1.807, 2.05) is 30.3 Å². The minimum absolute atomic E-state index is 0.165. The maximum atomic E-state index is 12.9. The van der Waals surface area contributed by atoms with Crippen molar-refractivity contribution in [2.75, 3.05) is 5.75 Å². The van der Waals surface area contributed by atoms with Gasteiger partial charge in [0.2, 0.25) is 0 Å². The van der Waals surface area contributed by atoms with Crippen LogP contribution >= 0.6 is 27.7 Å². The second-order valence-corrected chi connectivity index (χ2v) is 7.85. The van der Waals surface area contributed by atoms with E-state index >= 15 is 0 Å². The molecule has 1 atom stereocenters. The highest BCUT2D eigenvalue weighted by atomic mass is 79.9. The van der Waals surface area contributed by atoms with Gasteiger partial charge >= 0.3 is 0 Å². The number of carbonyl (C=O) groups is 1. The van der Waals surface area contributed by atoms with Crippen LogP contribution in [0.4, 0.5) is 0 Å². The largest absolute Gasteiger partial charge is 0.298 e. The molecule has 26 heavy (non-hydrogen) atoms. The lowest BCUT2D eigenvalue weighted by Crippen LogP contribution is -2.50. The lowest BCUT2D eigenvalue weighted by Gasteiger charge is -2.33. The number of rotatable bonds is 3. The Morgan fingerprint density at radius 2 is 2.23 bits per heavy atom. The summed E-state index contributed by atoms with van der Waals surface area (Å²) < 4.78 is 0.890. The molecule has 6 nitrogen and oxygen atoms in total. The van der Waals surface area contributed by atoms with E-state index < -0.39 is 6.17 Å². The van der Waals surface area contributed by atoms with Crippen LogP contribution in [0.15, 0.2) is 57.3 Å². The average Bonchev–Trinajstić information content (AvgIpc) is 2.66. The number of pyridine rings is 1. The number of hydrogen-bond donors (Lipinski definition) is 1. The third-order valence-corrected chi connectivity index (χ3v) is 5.56. The van der Waals surface area contributed by atoms with E-state index in [1.165, 1.54) is 11.8 Å². The third kappa shape index (κ3) is 3.14. The summed E-state index contributed by atoms with van der Waals surface area (Å²) in [4.78, 5) is 21.9. The van der Waals surface area contributed by atoms with Crippen molar-refractivity contribution in [1.82, 2.24) is 15.3 Å². The number of nitrogens with one attached hydrogen (secondary N) is 1. The Morgan fingerprint density at radius 1 is 1.35 bits per heavy atom. The Labute approximate surface area is 163 Å². The summed E-state index contributed by atoms with van der Waals surface area (Å²) in [5, 5.41) is 11.4. The molecule has 2 aromatic rings. The number of amides is 1. The van der Waals surface area contributed by atoms with Crippen LogP contribution in [0.5, 0.6) is 0 Å². The smallest absolute Gasteiger partial charge is 0.276 e. The van der Waals surface area contributed by atoms with Crippen molar-refractivity contribution in [3.63, 3.8) is 0 Å². The molecule has 132 valence electrons. The van der Waals surface area contributed by atoms with E-state index in [9.17, 15) is 4.79 Å². The molecular weight excluding hydrogens is 414 g/mol. The molecule has 0 saturated heterocycles. The van der Waals surface area contributed by atoms with Crippen molar-refractivity contribution >= 4 is 44.5 Å². The van der Waals surface area contributed by atoms with Gasteiger partial charge in [0.25, 0.3) is 5.91 Å². The third-order valence-electron chi connectivity index (χ3n) is 4.00. The van der Waals surface area contributed by atoms with Gasteiger partial charge < -0.3 is 0 Å². The van der Waals surface area contributed by atoms with Crippen LogP contribution in [0.25, 0.3) is 5.70 Å². The normalized spacial score (nSPS) is 18.5. The van der Waals surface area contributed by atoms with Gasteiger partial charge in [-0.15, -0.1) is 5.10 Å². The lowest BCUT2D eigenvalue weighted by molar-refractivity contribution is -0.116. The Morgan fingerprint density at radius 3 is 3.00 bits per heavy atom. The fourth-order valence-corrected chi connectivity index (χ4v) is 3.93. The molecule has 0 unspecified atom stereocenters. The highest BCUT2D eigenvalue weighted by molar-refractivity contribution is 9.10. The molecule has 0 spiro atoms. The number of nitrogens with zero attached hydrogens (tertiary/aromatic N) is 4. The molecule has 1 N–H and O–H groups in total. The Kier molecular flexibility index (Phi) is 4.78. The van der Waals surface area contributed by atoms with Crippen molar-refractivity contribution in [1.29, 1.82) is 0 Å². The van der Waals surface area contributed by atoms with Gasteiger partial charge in [-0.3, -0.25) is 20.1 Å². The summed E-state index contributed by atoms with van der Waals surface area (Å²) >= 11 is 5.01. The number of fused-ring (bicyclic) bond motifs is 2. The minimum atomic E-state index is -0.421. The molecular formula is C18H16BrN5OS. The first kappa shape index (κ1) is 17.2. The van der Waals surface area contributed by atoms with Crippen LogP contribution in [0.2, 0.25) is 0 Å². The Bertz CT molecular complexity index is 1010. The van der Waals surface area contributed by atoms with Crippen LogP contribution in [-0.4, -0.2) is 26.8 Å². The molecule has 1 amide bonds. The summed E-state index contributed by atoms with van der Waals surface area (Å²) in [6, 6.07) is 9.54. The maximum Gasteiger partial charge on any atom is 0.276 e. The van der Waals surface area contributed by atoms with Crippen LogP contribution in [0.1, 0.15) is 25.1 Å². The number of aromatic nitrogens is 1. The first-order valence-electron chi connectivity index (χ1n) is 8.27. The number of hydrazone groups is 1. The van der Waals surface area contributed by atoms with Crippen molar-refractivity contribution in [3.8, 4) is 0 Å². The maximum absolute atomic E-state index is 12.9. The monoisotopic (exact) mass is 429 g/mol. The van der Waals surface area contributed by atoms with Gasteiger partial charge in [-0.2, -0.15) is 0 Å². The zero-order valence-electron chi connectivity index (χ0n) is 14.0. The molecule has 0 saturated carbocycles. The van der Waals surface area contributed by atoms with Gasteiger partial charge in [0, 0.05) is 33.4 Å². The number of carbonyl (C=O) groups excluding carboxylic acids is 1. The number of hydrogen-bond acceptors (Lipinski definition) is 6. The van der Waals surface area contributed by atoms with Crippen molar-refractivity contribution in [2.24, 2.45) is 10.1 Å². The molecule has 0 radical (unpaired) electrons. The van der Waals surface area contributed by atoms with Gasteiger partial charge in [-0.05, 0) is 30.7 Å². The summed E-state index contributed by atoms with van der Waals surface area (Å²) in [6.07, 6.45) is 4.06. The second kappa shape index (κ2) is 7.20. The number of benzene rings is 1. The molecule has 8 heteroatoms. The standard InChI is InChI=1S/C18H16BrN5OS/c1-2-8-26-18-22-17(25)15-13-9-12(19)5-6-14(13)21-16(24(15)23-18)11-4-3-7-20-10-11/h3-7,9-10,16H,2,8H2,1H3,(H,22,23,25)/t16-/m1/s1. The van der Waals surface area contributed by atoms with Crippen molar-refractivity contribution in [3.05, 3.63) is 63.3 Å². The van der Waals surface area contributed by atoms with E-state index in [-0.39, 0.29) is 5.91 Å². The van der Waals surface area contributed by atoms with Gasteiger partial charge in [-0.25, -0.2) is 5.01 Å². The minimum Gasteiger partial charge on any atom is -0.298 e. The molecule has 1 aromatic heterocycles. The van der Waals surface area contributed by atoms with Crippen LogP contribution in [0, 0.1) is 0 Å². The highest BCUT2D eigenvalue weighted by Crippen LogP contribution is 2.30. The predicted molar refractivity (Wildman–Crippen MR) is 105 cm³/mol. The molecule has 2 aliphatic rings.